The Morgan fingerprint density at radius 3 is 1.32 bits per heavy atom. The highest BCUT2D eigenvalue weighted by Gasteiger charge is 2.09. The minimum atomic E-state index is -0.149. The van der Waals surface area contributed by atoms with Gasteiger partial charge in [0.25, 0.3) is 0 Å². The van der Waals surface area contributed by atoms with Crippen LogP contribution in [0.25, 0.3) is 0 Å². The topological polar surface area (TPSA) is 64.7 Å². The van der Waals surface area contributed by atoms with E-state index in [2.05, 4.69) is 10.6 Å². The van der Waals surface area contributed by atoms with Crippen molar-refractivity contribution >= 4 is 23.4 Å². The van der Waals surface area contributed by atoms with E-state index >= 15 is 0 Å². The average molecular weight is 340 g/mol. The van der Waals surface area contributed by atoms with Crippen molar-refractivity contribution in [1.29, 1.82) is 0 Å². The van der Waals surface area contributed by atoms with Crippen LogP contribution in [-0.4, -0.2) is 40.3 Å². The molecule has 0 fully saturated rings. The molecular formula is C19H24N4O2. The zero-order valence-corrected chi connectivity index (χ0v) is 15.0. The molecule has 2 aromatic rings. The molecule has 0 bridgehead atoms. The number of benzene rings is 2. The van der Waals surface area contributed by atoms with E-state index in [0.29, 0.717) is 0 Å². The van der Waals surface area contributed by atoms with E-state index < -0.39 is 0 Å². The summed E-state index contributed by atoms with van der Waals surface area (Å²) in [4.78, 5) is 26.4. The molecule has 132 valence electrons. The van der Waals surface area contributed by atoms with Crippen molar-refractivity contribution in [3.63, 3.8) is 0 Å². The number of carbonyl (C=O) groups excluding carboxylic acids is 2. The molecule has 2 N–H and O–H groups in total. The highest BCUT2D eigenvalue weighted by atomic mass is 16.2. The number of hydrogen-bond donors (Lipinski definition) is 2. The summed E-state index contributed by atoms with van der Waals surface area (Å²) in [5, 5.41) is 5.20. The Kier molecular flexibility index (Phi) is 6.00. The van der Waals surface area contributed by atoms with Crippen LogP contribution in [0.2, 0.25) is 0 Å². The van der Waals surface area contributed by atoms with Crippen molar-refractivity contribution < 1.29 is 9.59 Å². The zero-order valence-electron chi connectivity index (χ0n) is 15.0. The molecule has 0 unspecified atom stereocenters. The summed E-state index contributed by atoms with van der Waals surface area (Å²) in [5.41, 5.74) is 3.99. The molecule has 0 heterocycles. The minimum absolute atomic E-state index is 0.149. The Labute approximate surface area is 148 Å². The van der Waals surface area contributed by atoms with E-state index in [1.54, 1.807) is 38.0 Å². The Morgan fingerprint density at radius 2 is 1.04 bits per heavy atom. The lowest BCUT2D eigenvalue weighted by atomic mass is 10.0. The van der Waals surface area contributed by atoms with Crippen molar-refractivity contribution in [2.75, 3.05) is 38.0 Å². The van der Waals surface area contributed by atoms with E-state index in [1.165, 1.54) is 0 Å². The monoisotopic (exact) mass is 340 g/mol. The van der Waals surface area contributed by atoms with E-state index in [1.807, 2.05) is 48.5 Å². The number of amides is 4. The van der Waals surface area contributed by atoms with E-state index in [0.717, 1.165) is 28.9 Å². The molecule has 0 aliphatic heterocycles. The van der Waals surface area contributed by atoms with Gasteiger partial charge in [0.05, 0.1) is 0 Å². The molecule has 0 radical (unpaired) electrons. The first kappa shape index (κ1) is 18.3. The van der Waals surface area contributed by atoms with Crippen molar-refractivity contribution in [3.05, 3.63) is 59.7 Å². The van der Waals surface area contributed by atoms with Crippen LogP contribution in [0.4, 0.5) is 21.0 Å². The maximum atomic E-state index is 11.6. The quantitative estimate of drug-likeness (QED) is 0.899. The summed E-state index contributed by atoms with van der Waals surface area (Å²) in [7, 11) is 6.68. The Hall–Kier alpha value is -3.02. The number of anilines is 2. The fraction of sp³-hybridized carbons (Fsp3) is 0.263. The Bertz CT molecular complexity index is 663. The van der Waals surface area contributed by atoms with Crippen molar-refractivity contribution in [1.82, 2.24) is 10.6 Å². The summed E-state index contributed by atoms with van der Waals surface area (Å²) >= 11 is 0. The normalized spacial score (nSPS) is 10.1. The molecule has 6 nitrogen and oxygen atoms in total. The van der Waals surface area contributed by atoms with Gasteiger partial charge in [0.15, 0.2) is 0 Å². The van der Waals surface area contributed by atoms with Gasteiger partial charge >= 0.3 is 12.1 Å². The van der Waals surface area contributed by atoms with Gasteiger partial charge in [-0.1, -0.05) is 24.3 Å². The molecule has 0 saturated heterocycles. The van der Waals surface area contributed by atoms with Crippen LogP contribution in [0.3, 0.4) is 0 Å². The summed E-state index contributed by atoms with van der Waals surface area (Å²) < 4.78 is 0. The standard InChI is InChI=1S/C19H24N4O2/c1-20-18(24)22(3)16-9-5-14(6-10-16)13-15-7-11-17(12-8-15)23(4)19(25)21-2/h5-12H,13H2,1-4H3,(H,20,24)(H,21,25). The first-order valence-electron chi connectivity index (χ1n) is 8.05. The second-order valence-electron chi connectivity index (χ2n) is 5.74. The van der Waals surface area contributed by atoms with Gasteiger partial charge in [-0.2, -0.15) is 0 Å². The predicted molar refractivity (Wildman–Crippen MR) is 101 cm³/mol. The average Bonchev–Trinajstić information content (AvgIpc) is 2.66. The van der Waals surface area contributed by atoms with E-state index in [-0.39, 0.29) is 12.1 Å². The molecule has 0 aromatic heterocycles. The number of urea groups is 2. The van der Waals surface area contributed by atoms with E-state index in [4.69, 9.17) is 0 Å². The van der Waals surface area contributed by atoms with Crippen molar-refractivity contribution in [3.8, 4) is 0 Å². The molecule has 0 atom stereocenters. The van der Waals surface area contributed by atoms with Crippen LogP contribution in [0.15, 0.2) is 48.5 Å². The van der Waals surface area contributed by atoms with Crippen LogP contribution in [0, 0.1) is 0 Å². The second-order valence-corrected chi connectivity index (χ2v) is 5.74. The van der Waals surface area contributed by atoms with Gasteiger partial charge < -0.3 is 10.6 Å². The highest BCUT2D eigenvalue weighted by molar-refractivity contribution is 5.91. The highest BCUT2D eigenvalue weighted by Crippen LogP contribution is 2.19. The number of rotatable bonds is 4. The van der Waals surface area contributed by atoms with Crippen LogP contribution in [0.5, 0.6) is 0 Å². The van der Waals surface area contributed by atoms with Gasteiger partial charge in [-0.15, -0.1) is 0 Å². The lowest BCUT2D eigenvalue weighted by Crippen LogP contribution is -2.34. The summed E-state index contributed by atoms with van der Waals surface area (Å²) in [6, 6.07) is 15.5. The molecule has 0 aliphatic rings. The molecule has 0 spiro atoms. The first-order chi connectivity index (χ1) is 12.0. The first-order valence-corrected chi connectivity index (χ1v) is 8.05. The van der Waals surface area contributed by atoms with Crippen LogP contribution < -0.4 is 20.4 Å². The summed E-state index contributed by atoms with van der Waals surface area (Å²) in [5.74, 6) is 0. The molecule has 0 aliphatic carbocycles. The maximum absolute atomic E-state index is 11.6. The van der Waals surface area contributed by atoms with Gasteiger partial charge in [0, 0.05) is 39.6 Å². The van der Waals surface area contributed by atoms with Crippen LogP contribution in [-0.2, 0) is 6.42 Å². The minimum Gasteiger partial charge on any atom is -0.341 e. The Balaban J connectivity index is 2.05. The van der Waals surface area contributed by atoms with Gasteiger partial charge in [-0.3, -0.25) is 9.80 Å². The third-order valence-electron chi connectivity index (χ3n) is 4.09. The summed E-state index contributed by atoms with van der Waals surface area (Å²) in [6.45, 7) is 0. The third-order valence-corrected chi connectivity index (χ3v) is 4.09. The largest absolute Gasteiger partial charge is 0.341 e. The van der Waals surface area contributed by atoms with Gasteiger partial charge in [-0.25, -0.2) is 9.59 Å². The fourth-order valence-electron chi connectivity index (χ4n) is 2.48. The molecule has 0 saturated carbocycles. The second kappa shape index (κ2) is 8.19. The third kappa shape index (κ3) is 4.50. The molecule has 4 amide bonds. The van der Waals surface area contributed by atoms with Gasteiger partial charge in [-0.05, 0) is 41.8 Å². The zero-order chi connectivity index (χ0) is 18.4. The van der Waals surface area contributed by atoms with Crippen LogP contribution in [0.1, 0.15) is 11.1 Å². The lowest BCUT2D eigenvalue weighted by molar-refractivity contribution is 0.248. The van der Waals surface area contributed by atoms with Crippen molar-refractivity contribution in [2.24, 2.45) is 0 Å². The maximum Gasteiger partial charge on any atom is 0.321 e. The SMILES string of the molecule is CNC(=O)N(C)c1ccc(Cc2ccc(N(C)C(=O)NC)cc2)cc1. The van der Waals surface area contributed by atoms with Gasteiger partial charge in [0.2, 0.25) is 0 Å². The number of nitrogens with one attached hydrogen (secondary N) is 2. The van der Waals surface area contributed by atoms with Crippen LogP contribution >= 0.6 is 0 Å². The smallest absolute Gasteiger partial charge is 0.321 e. The Morgan fingerprint density at radius 1 is 0.720 bits per heavy atom. The summed E-state index contributed by atoms with van der Waals surface area (Å²) in [6.07, 6.45) is 0.786. The fourth-order valence-corrected chi connectivity index (χ4v) is 2.48. The lowest BCUT2D eigenvalue weighted by Gasteiger charge is -2.17. The molecule has 2 aromatic carbocycles. The van der Waals surface area contributed by atoms with Gasteiger partial charge in [0.1, 0.15) is 0 Å². The molecular weight excluding hydrogens is 316 g/mol. The molecule has 25 heavy (non-hydrogen) atoms. The number of carbonyl (C=O) groups is 2. The number of nitrogens with zero attached hydrogens (tertiary/aromatic N) is 2. The van der Waals surface area contributed by atoms with E-state index in [9.17, 15) is 9.59 Å². The molecule has 6 heteroatoms. The molecule has 2 rings (SSSR count). The predicted octanol–water partition coefficient (Wildman–Crippen LogP) is 2.83. The number of hydrogen-bond acceptors (Lipinski definition) is 2. The van der Waals surface area contributed by atoms with Crippen molar-refractivity contribution in [2.45, 2.75) is 6.42 Å².